The number of ether oxygens (including phenoxy) is 2. The van der Waals surface area contributed by atoms with E-state index in [1.165, 1.54) is 4.90 Å². The first-order chi connectivity index (χ1) is 15.5. The topological polar surface area (TPSA) is 102 Å². The summed E-state index contributed by atoms with van der Waals surface area (Å²) >= 11 is 0. The fourth-order valence-corrected chi connectivity index (χ4v) is 6.09. The monoisotopic (exact) mass is 464 g/mol. The van der Waals surface area contributed by atoms with E-state index in [1.807, 2.05) is 30.3 Å². The van der Waals surface area contributed by atoms with E-state index >= 15 is 0 Å². The third-order valence-corrected chi connectivity index (χ3v) is 7.58. The Morgan fingerprint density at radius 2 is 1.88 bits per heavy atom. The molecule has 0 saturated carbocycles. The van der Waals surface area contributed by atoms with E-state index in [0.717, 1.165) is 5.56 Å². The van der Waals surface area contributed by atoms with E-state index in [0.29, 0.717) is 32.1 Å². The Morgan fingerprint density at radius 1 is 1.16 bits per heavy atom. The van der Waals surface area contributed by atoms with Crippen molar-refractivity contribution >= 4 is 28.6 Å². The molecule has 8 nitrogen and oxygen atoms in total. The van der Waals surface area contributed by atoms with Gasteiger partial charge in [0.25, 0.3) is 0 Å². The summed E-state index contributed by atoms with van der Waals surface area (Å²) in [6.45, 7) is 3.89. The Balaban J connectivity index is 1.76. The first kappa shape index (κ1) is 24.4. The van der Waals surface area contributed by atoms with Crippen molar-refractivity contribution in [3.05, 3.63) is 35.9 Å². The molecule has 2 aliphatic rings. The Bertz CT molecular complexity index is 833. The molecule has 2 saturated heterocycles. The number of fused-ring (bicyclic) bond motifs is 1. The highest BCUT2D eigenvalue weighted by Gasteiger charge is 2.49. The van der Waals surface area contributed by atoms with Crippen LogP contribution < -0.4 is 5.32 Å². The minimum atomic E-state index is -1.31. The molecule has 5 atom stereocenters. The molecule has 0 aliphatic carbocycles. The number of rotatable bonds is 9. The lowest BCUT2D eigenvalue weighted by molar-refractivity contribution is -0.154. The summed E-state index contributed by atoms with van der Waals surface area (Å²) in [5, 5.41) is 2.71. The van der Waals surface area contributed by atoms with Gasteiger partial charge in [-0.25, -0.2) is 4.79 Å². The van der Waals surface area contributed by atoms with E-state index < -0.39 is 46.2 Å². The molecule has 176 valence electrons. The molecule has 1 aromatic rings. The summed E-state index contributed by atoms with van der Waals surface area (Å²) in [6, 6.07) is 7.65. The van der Waals surface area contributed by atoms with E-state index in [-0.39, 0.29) is 24.9 Å². The fourth-order valence-electron chi connectivity index (χ4n) is 4.33. The normalized spacial score (nSPS) is 26.2. The van der Waals surface area contributed by atoms with Gasteiger partial charge in [-0.1, -0.05) is 30.3 Å². The Morgan fingerprint density at radius 3 is 2.56 bits per heavy atom. The largest absolute Gasteiger partial charge is 0.465 e. The second-order valence-electron chi connectivity index (χ2n) is 7.99. The maximum Gasteiger partial charge on any atom is 0.329 e. The minimum Gasteiger partial charge on any atom is -0.465 e. The van der Waals surface area contributed by atoms with Crippen molar-refractivity contribution in [1.82, 2.24) is 10.2 Å². The van der Waals surface area contributed by atoms with Crippen molar-refractivity contribution in [2.45, 2.75) is 69.5 Å². The summed E-state index contributed by atoms with van der Waals surface area (Å²) in [5.74, 6) is -1.13. The summed E-state index contributed by atoms with van der Waals surface area (Å²) in [4.78, 5) is 40.0. The van der Waals surface area contributed by atoms with Gasteiger partial charge in [-0.05, 0) is 51.5 Å². The van der Waals surface area contributed by atoms with Gasteiger partial charge in [0.05, 0.1) is 25.0 Å². The zero-order chi connectivity index (χ0) is 23.1. The van der Waals surface area contributed by atoms with Gasteiger partial charge in [-0.3, -0.25) is 19.1 Å². The molecular weight excluding hydrogens is 432 g/mol. The molecule has 1 aromatic carbocycles. The first-order valence-electron chi connectivity index (χ1n) is 11.3. The van der Waals surface area contributed by atoms with Gasteiger partial charge in [-0.15, -0.1) is 0 Å². The number of hydrogen-bond acceptors (Lipinski definition) is 7. The summed E-state index contributed by atoms with van der Waals surface area (Å²) in [5.41, 5.74) is 1.09. The van der Waals surface area contributed by atoms with Gasteiger partial charge < -0.3 is 14.4 Å². The minimum absolute atomic E-state index is 0.0945. The average molecular weight is 465 g/mol. The number of carbonyl (C=O) groups is 3. The van der Waals surface area contributed by atoms with Crippen LogP contribution in [0.15, 0.2) is 30.3 Å². The van der Waals surface area contributed by atoms with Crippen LogP contribution >= 0.6 is 0 Å². The Labute approximate surface area is 191 Å². The summed E-state index contributed by atoms with van der Waals surface area (Å²) < 4.78 is 23.0. The van der Waals surface area contributed by atoms with Crippen LogP contribution in [0, 0.1) is 0 Å². The van der Waals surface area contributed by atoms with E-state index in [9.17, 15) is 18.6 Å². The number of amides is 1. The molecule has 2 heterocycles. The molecule has 3 rings (SSSR count). The fraction of sp³-hybridized carbons (Fsp3) is 0.609. The van der Waals surface area contributed by atoms with Crippen molar-refractivity contribution in [2.24, 2.45) is 0 Å². The van der Waals surface area contributed by atoms with E-state index in [2.05, 4.69) is 5.32 Å². The lowest BCUT2D eigenvalue weighted by Crippen LogP contribution is -2.55. The number of benzene rings is 1. The third-order valence-electron chi connectivity index (χ3n) is 5.86. The number of hydrogen-bond donors (Lipinski definition) is 1. The number of carbonyl (C=O) groups excluding carboxylic acids is 3. The lowest BCUT2D eigenvalue weighted by Gasteiger charge is -2.30. The molecule has 1 amide bonds. The molecular formula is C23H32N2O6S. The standard InChI is InChI=1S/C23H32N2O6S/c1-3-30-22(27)18(14-13-16-9-6-5-7-10-16)24-17-11-8-12-20-25(21(17)26)19(15-32(20)29)23(28)31-4-2/h5-7,9-10,17-20,24H,3-4,8,11-15H2,1-2H3/t17-,18?,19-,20+,32+/m1/s1. The number of nitrogens with zero attached hydrogens (tertiary/aromatic N) is 1. The highest BCUT2D eigenvalue weighted by atomic mass is 32.2. The molecule has 2 aliphatic heterocycles. The smallest absolute Gasteiger partial charge is 0.329 e. The Kier molecular flexibility index (Phi) is 8.81. The quantitative estimate of drug-likeness (QED) is 0.553. The van der Waals surface area contributed by atoms with Crippen LogP contribution in [0.1, 0.15) is 45.1 Å². The van der Waals surface area contributed by atoms with Crippen LogP contribution in [0.2, 0.25) is 0 Å². The van der Waals surface area contributed by atoms with E-state index in [4.69, 9.17) is 9.47 Å². The number of aryl methyl sites for hydroxylation is 1. The Hall–Kier alpha value is -2.26. The molecule has 9 heteroatoms. The van der Waals surface area contributed by atoms with Crippen molar-refractivity contribution in [1.29, 1.82) is 0 Å². The van der Waals surface area contributed by atoms with Gasteiger partial charge in [0.2, 0.25) is 5.91 Å². The molecule has 2 fully saturated rings. The van der Waals surface area contributed by atoms with Crippen LogP contribution in [-0.4, -0.2) is 69.4 Å². The average Bonchev–Trinajstić information content (AvgIpc) is 3.02. The lowest BCUT2D eigenvalue weighted by atomic mass is 10.0. The maximum absolute atomic E-state index is 13.5. The van der Waals surface area contributed by atoms with Crippen molar-refractivity contribution in [3.8, 4) is 0 Å². The third kappa shape index (κ3) is 5.75. The number of esters is 2. The molecule has 1 unspecified atom stereocenters. The van der Waals surface area contributed by atoms with Gasteiger partial charge in [0, 0.05) is 10.8 Å². The van der Waals surface area contributed by atoms with Crippen molar-refractivity contribution < 1.29 is 28.1 Å². The van der Waals surface area contributed by atoms with E-state index in [1.54, 1.807) is 13.8 Å². The SMILES string of the molecule is CCOC(=O)C(CCc1ccccc1)N[C@@H]1CCC[C@H]2N(C1=O)[C@@H](C(=O)OCC)C[S@@]2=O. The zero-order valence-corrected chi connectivity index (χ0v) is 19.5. The summed E-state index contributed by atoms with van der Waals surface area (Å²) in [7, 11) is -1.31. The van der Waals surface area contributed by atoms with Gasteiger partial charge in [0.15, 0.2) is 0 Å². The predicted molar refractivity (Wildman–Crippen MR) is 120 cm³/mol. The molecule has 0 radical (unpaired) electrons. The van der Waals surface area contributed by atoms with Gasteiger partial charge in [-0.2, -0.15) is 0 Å². The predicted octanol–water partition coefficient (Wildman–Crippen LogP) is 1.54. The highest BCUT2D eigenvalue weighted by Crippen LogP contribution is 2.30. The molecule has 1 N–H and O–H groups in total. The van der Waals surface area contributed by atoms with Crippen LogP contribution in [0.4, 0.5) is 0 Å². The molecule has 0 spiro atoms. The second-order valence-corrected chi connectivity index (χ2v) is 9.63. The first-order valence-corrected chi connectivity index (χ1v) is 12.7. The molecule has 32 heavy (non-hydrogen) atoms. The maximum atomic E-state index is 13.5. The van der Waals surface area contributed by atoms with Crippen LogP contribution in [0.25, 0.3) is 0 Å². The zero-order valence-electron chi connectivity index (χ0n) is 18.7. The van der Waals surface area contributed by atoms with Gasteiger partial charge >= 0.3 is 11.9 Å². The number of nitrogens with one attached hydrogen (secondary N) is 1. The van der Waals surface area contributed by atoms with Crippen LogP contribution in [0.3, 0.4) is 0 Å². The van der Waals surface area contributed by atoms with Crippen LogP contribution in [-0.2, 0) is 41.1 Å². The van der Waals surface area contributed by atoms with Gasteiger partial charge in [0.1, 0.15) is 17.5 Å². The highest BCUT2D eigenvalue weighted by molar-refractivity contribution is 7.86. The van der Waals surface area contributed by atoms with Crippen molar-refractivity contribution in [2.75, 3.05) is 19.0 Å². The second kappa shape index (κ2) is 11.6. The molecule has 0 bridgehead atoms. The van der Waals surface area contributed by atoms with Crippen molar-refractivity contribution in [3.63, 3.8) is 0 Å². The van der Waals surface area contributed by atoms with Crippen LogP contribution in [0.5, 0.6) is 0 Å². The summed E-state index contributed by atoms with van der Waals surface area (Å²) in [6.07, 6.45) is 2.85. The molecule has 0 aromatic heterocycles.